The third-order valence-corrected chi connectivity index (χ3v) is 3.63. The van der Waals surface area contributed by atoms with Crippen LogP contribution >= 0.6 is 0 Å². The summed E-state index contributed by atoms with van der Waals surface area (Å²) < 4.78 is 0. The normalized spacial score (nSPS) is 15.0. The summed E-state index contributed by atoms with van der Waals surface area (Å²) in [5, 5.41) is 11.4. The van der Waals surface area contributed by atoms with Gasteiger partial charge in [0.25, 0.3) is 5.91 Å². The highest BCUT2D eigenvalue weighted by Crippen LogP contribution is 2.33. The van der Waals surface area contributed by atoms with Crippen LogP contribution in [0.25, 0.3) is 0 Å². The molecule has 2 N–H and O–H groups in total. The second-order valence-electron chi connectivity index (χ2n) is 5.66. The lowest BCUT2D eigenvalue weighted by molar-refractivity contribution is -0.137. The minimum absolute atomic E-state index is 0.0128. The maximum absolute atomic E-state index is 12.3. The van der Waals surface area contributed by atoms with Crippen molar-refractivity contribution in [3.05, 3.63) is 29.8 Å². The van der Waals surface area contributed by atoms with Gasteiger partial charge < -0.3 is 15.3 Å². The van der Waals surface area contributed by atoms with Gasteiger partial charge in [-0.3, -0.25) is 14.4 Å². The van der Waals surface area contributed by atoms with E-state index in [1.54, 1.807) is 38.2 Å². The number of nitrogens with zero attached hydrogens (tertiary/aromatic N) is 1. The van der Waals surface area contributed by atoms with Crippen molar-refractivity contribution in [1.82, 2.24) is 5.32 Å². The Labute approximate surface area is 129 Å². The standard InChI is InChI=1S/C16H20N2O4/c1-10(9-14(19)20)17-15(21)12-5-3-4-6-13(12)18(2)16(22)11-7-8-11/h3-6,10-11H,7-9H2,1-2H3,(H,17,21)(H,19,20). The summed E-state index contributed by atoms with van der Waals surface area (Å²) in [4.78, 5) is 36.7. The van der Waals surface area contributed by atoms with E-state index >= 15 is 0 Å². The predicted molar refractivity (Wildman–Crippen MR) is 81.8 cm³/mol. The highest BCUT2D eigenvalue weighted by atomic mass is 16.4. The molecule has 0 aromatic heterocycles. The third-order valence-electron chi connectivity index (χ3n) is 3.63. The van der Waals surface area contributed by atoms with Gasteiger partial charge in [-0.05, 0) is 31.9 Å². The van der Waals surface area contributed by atoms with E-state index in [0.717, 1.165) is 12.8 Å². The molecule has 1 aliphatic carbocycles. The Hall–Kier alpha value is -2.37. The summed E-state index contributed by atoms with van der Waals surface area (Å²) >= 11 is 0. The summed E-state index contributed by atoms with van der Waals surface area (Å²) in [5.74, 6) is -1.27. The largest absolute Gasteiger partial charge is 0.481 e. The Morgan fingerprint density at radius 1 is 1.32 bits per heavy atom. The molecule has 22 heavy (non-hydrogen) atoms. The molecule has 0 bridgehead atoms. The highest BCUT2D eigenvalue weighted by Gasteiger charge is 2.33. The van der Waals surface area contributed by atoms with E-state index in [0.29, 0.717) is 11.3 Å². The van der Waals surface area contributed by atoms with Crippen LogP contribution in [0.4, 0.5) is 5.69 Å². The molecule has 1 fully saturated rings. The molecule has 0 heterocycles. The number of para-hydroxylation sites is 1. The summed E-state index contributed by atoms with van der Waals surface area (Å²) in [6, 6.07) is 6.35. The molecular weight excluding hydrogens is 284 g/mol. The first-order valence-corrected chi connectivity index (χ1v) is 7.29. The van der Waals surface area contributed by atoms with Gasteiger partial charge >= 0.3 is 5.97 Å². The van der Waals surface area contributed by atoms with Gasteiger partial charge in [0.15, 0.2) is 0 Å². The average Bonchev–Trinajstić information content (AvgIpc) is 3.29. The molecule has 1 aliphatic rings. The molecule has 1 aromatic rings. The first kappa shape index (κ1) is 16.0. The van der Waals surface area contributed by atoms with Gasteiger partial charge in [-0.25, -0.2) is 0 Å². The van der Waals surface area contributed by atoms with Crippen molar-refractivity contribution in [2.24, 2.45) is 5.92 Å². The second kappa shape index (κ2) is 6.60. The van der Waals surface area contributed by atoms with Gasteiger partial charge in [0, 0.05) is 19.0 Å². The average molecular weight is 304 g/mol. The zero-order valence-electron chi connectivity index (χ0n) is 12.7. The number of hydrogen-bond acceptors (Lipinski definition) is 3. The second-order valence-corrected chi connectivity index (χ2v) is 5.66. The molecule has 6 heteroatoms. The van der Waals surface area contributed by atoms with E-state index in [1.807, 2.05) is 0 Å². The molecule has 1 saturated carbocycles. The molecule has 6 nitrogen and oxygen atoms in total. The van der Waals surface area contributed by atoms with Gasteiger partial charge in [0.1, 0.15) is 0 Å². The lowest BCUT2D eigenvalue weighted by atomic mass is 10.1. The van der Waals surface area contributed by atoms with E-state index in [9.17, 15) is 14.4 Å². The van der Waals surface area contributed by atoms with Crippen LogP contribution in [0.15, 0.2) is 24.3 Å². The SMILES string of the molecule is CC(CC(=O)O)NC(=O)c1ccccc1N(C)C(=O)C1CC1. The number of aliphatic carboxylic acids is 1. The molecule has 118 valence electrons. The topological polar surface area (TPSA) is 86.7 Å². The van der Waals surface area contributed by atoms with Crippen molar-refractivity contribution in [3.8, 4) is 0 Å². The molecular formula is C16H20N2O4. The zero-order chi connectivity index (χ0) is 16.3. The van der Waals surface area contributed by atoms with Crippen LogP contribution in [0.2, 0.25) is 0 Å². The summed E-state index contributed by atoms with van der Waals surface area (Å²) in [6.07, 6.45) is 1.64. The minimum Gasteiger partial charge on any atom is -0.481 e. The Balaban J connectivity index is 2.14. The van der Waals surface area contributed by atoms with Crippen molar-refractivity contribution in [3.63, 3.8) is 0 Å². The van der Waals surface area contributed by atoms with E-state index in [2.05, 4.69) is 5.32 Å². The lowest BCUT2D eigenvalue weighted by Gasteiger charge is -2.21. The van der Waals surface area contributed by atoms with Gasteiger partial charge in [0.05, 0.1) is 17.7 Å². The van der Waals surface area contributed by atoms with Gasteiger partial charge in [0.2, 0.25) is 5.91 Å². The number of carbonyl (C=O) groups excluding carboxylic acids is 2. The maximum atomic E-state index is 12.3. The fourth-order valence-electron chi connectivity index (χ4n) is 2.30. The van der Waals surface area contributed by atoms with Crippen molar-refractivity contribution >= 4 is 23.5 Å². The number of benzene rings is 1. The Kier molecular flexibility index (Phi) is 4.80. The number of rotatable bonds is 6. The van der Waals surface area contributed by atoms with E-state index in [1.165, 1.54) is 4.90 Å². The van der Waals surface area contributed by atoms with Crippen LogP contribution in [-0.4, -0.2) is 36.0 Å². The Morgan fingerprint density at radius 3 is 2.55 bits per heavy atom. The van der Waals surface area contributed by atoms with Gasteiger partial charge in [-0.1, -0.05) is 12.1 Å². The van der Waals surface area contributed by atoms with Gasteiger partial charge in [-0.15, -0.1) is 0 Å². The molecule has 0 saturated heterocycles. The van der Waals surface area contributed by atoms with Crippen molar-refractivity contribution in [2.75, 3.05) is 11.9 Å². The van der Waals surface area contributed by atoms with Crippen molar-refractivity contribution in [2.45, 2.75) is 32.2 Å². The number of carbonyl (C=O) groups is 3. The molecule has 0 radical (unpaired) electrons. The van der Waals surface area contributed by atoms with E-state index < -0.39 is 12.0 Å². The first-order valence-electron chi connectivity index (χ1n) is 7.29. The number of anilines is 1. The summed E-state index contributed by atoms with van der Waals surface area (Å²) in [5.41, 5.74) is 0.913. The third kappa shape index (κ3) is 3.84. The number of amides is 2. The molecule has 1 atom stereocenters. The fourth-order valence-corrected chi connectivity index (χ4v) is 2.30. The zero-order valence-corrected chi connectivity index (χ0v) is 12.7. The van der Waals surface area contributed by atoms with Gasteiger partial charge in [-0.2, -0.15) is 0 Å². The predicted octanol–water partition coefficient (Wildman–Crippen LogP) is 1.65. The highest BCUT2D eigenvalue weighted by molar-refractivity contribution is 6.05. The number of carboxylic acid groups (broad SMARTS) is 1. The smallest absolute Gasteiger partial charge is 0.305 e. The van der Waals surface area contributed by atoms with Crippen LogP contribution in [0.3, 0.4) is 0 Å². The Morgan fingerprint density at radius 2 is 1.95 bits per heavy atom. The molecule has 1 aromatic carbocycles. The van der Waals surface area contributed by atoms with Crippen LogP contribution < -0.4 is 10.2 Å². The fraction of sp³-hybridized carbons (Fsp3) is 0.438. The van der Waals surface area contributed by atoms with Crippen LogP contribution in [0, 0.1) is 5.92 Å². The van der Waals surface area contributed by atoms with Crippen molar-refractivity contribution < 1.29 is 19.5 Å². The maximum Gasteiger partial charge on any atom is 0.305 e. The lowest BCUT2D eigenvalue weighted by Crippen LogP contribution is -2.36. The van der Waals surface area contributed by atoms with E-state index in [-0.39, 0.29) is 24.2 Å². The van der Waals surface area contributed by atoms with E-state index in [4.69, 9.17) is 5.11 Å². The van der Waals surface area contributed by atoms with Crippen molar-refractivity contribution in [1.29, 1.82) is 0 Å². The van der Waals surface area contributed by atoms with Crippen LogP contribution in [0.1, 0.15) is 36.5 Å². The molecule has 1 unspecified atom stereocenters. The van der Waals surface area contributed by atoms with Crippen LogP contribution in [-0.2, 0) is 9.59 Å². The monoisotopic (exact) mass is 304 g/mol. The Bertz CT molecular complexity index is 596. The number of carboxylic acids is 1. The number of hydrogen-bond donors (Lipinski definition) is 2. The molecule has 0 aliphatic heterocycles. The molecule has 2 rings (SSSR count). The van der Waals surface area contributed by atoms with Crippen LogP contribution in [0.5, 0.6) is 0 Å². The molecule has 2 amide bonds. The summed E-state index contributed by atoms with van der Waals surface area (Å²) in [6.45, 7) is 1.63. The minimum atomic E-state index is -0.970. The quantitative estimate of drug-likeness (QED) is 0.836. The summed E-state index contributed by atoms with van der Waals surface area (Å²) in [7, 11) is 1.66. The first-order chi connectivity index (χ1) is 10.4. The molecule has 0 spiro atoms. The number of nitrogens with one attached hydrogen (secondary N) is 1.